The summed E-state index contributed by atoms with van der Waals surface area (Å²) in [6.07, 6.45) is 1.54. The number of benzene rings is 1. The number of anilines is 1. The Morgan fingerprint density at radius 3 is 2.68 bits per heavy atom. The number of nitrogen functional groups attached to an aromatic ring is 1. The van der Waals surface area contributed by atoms with Crippen LogP contribution in [0, 0.1) is 6.92 Å². The first-order chi connectivity index (χ1) is 9.19. The lowest BCUT2D eigenvalue weighted by Gasteiger charge is -2.06. The number of amides is 1. The largest absolute Gasteiger partial charge is 0.348 e. The molecular weight excluding hydrogens is 240 g/mol. The van der Waals surface area contributed by atoms with Crippen LogP contribution in [-0.2, 0) is 6.54 Å². The Balaban J connectivity index is 1.99. The van der Waals surface area contributed by atoms with E-state index in [0.29, 0.717) is 17.9 Å². The predicted molar refractivity (Wildman–Crippen MR) is 74.4 cm³/mol. The molecule has 1 heterocycles. The van der Waals surface area contributed by atoms with Gasteiger partial charge in [-0.3, -0.25) is 4.79 Å². The second kappa shape index (κ2) is 5.97. The topological polar surface area (TPSA) is 80.0 Å². The zero-order chi connectivity index (χ0) is 13.7. The maximum Gasteiger partial charge on any atom is 0.251 e. The van der Waals surface area contributed by atoms with Crippen molar-refractivity contribution in [1.82, 2.24) is 10.3 Å². The lowest BCUT2D eigenvalue weighted by Crippen LogP contribution is -2.23. The average Bonchev–Trinajstić information content (AvgIpc) is 2.46. The van der Waals surface area contributed by atoms with Crippen LogP contribution in [0.3, 0.4) is 0 Å². The van der Waals surface area contributed by atoms with Crippen LogP contribution in [-0.4, -0.2) is 10.9 Å². The van der Waals surface area contributed by atoms with Gasteiger partial charge in [0.25, 0.3) is 5.91 Å². The standard InChI is InChI=1S/C14H16N4O/c1-10-2-4-11(5-3-10)9-17-14(19)12-6-7-16-13(8-12)18-15/h2-8H,9,15H2,1H3,(H,16,18)(H,17,19). The number of hydrazine groups is 1. The molecule has 5 nitrogen and oxygen atoms in total. The number of nitrogens with two attached hydrogens (primary N) is 1. The molecule has 2 aromatic rings. The Morgan fingerprint density at radius 2 is 2.00 bits per heavy atom. The average molecular weight is 256 g/mol. The van der Waals surface area contributed by atoms with E-state index in [0.717, 1.165) is 5.56 Å². The minimum Gasteiger partial charge on any atom is -0.348 e. The first-order valence-electron chi connectivity index (χ1n) is 5.95. The molecule has 98 valence electrons. The van der Waals surface area contributed by atoms with E-state index in [1.165, 1.54) is 11.8 Å². The van der Waals surface area contributed by atoms with Crippen LogP contribution in [0.5, 0.6) is 0 Å². The second-order valence-corrected chi connectivity index (χ2v) is 4.24. The summed E-state index contributed by atoms with van der Waals surface area (Å²) in [7, 11) is 0. The predicted octanol–water partition coefficient (Wildman–Crippen LogP) is 1.61. The van der Waals surface area contributed by atoms with Gasteiger partial charge in [-0.05, 0) is 24.6 Å². The summed E-state index contributed by atoms with van der Waals surface area (Å²) >= 11 is 0. The molecule has 0 unspecified atom stereocenters. The molecule has 0 aliphatic carbocycles. The third kappa shape index (κ3) is 3.53. The molecule has 0 radical (unpaired) electrons. The highest BCUT2D eigenvalue weighted by atomic mass is 16.1. The van der Waals surface area contributed by atoms with E-state index >= 15 is 0 Å². The van der Waals surface area contributed by atoms with Crippen molar-refractivity contribution in [3.8, 4) is 0 Å². The van der Waals surface area contributed by atoms with Crippen molar-refractivity contribution in [3.63, 3.8) is 0 Å². The molecule has 19 heavy (non-hydrogen) atoms. The maximum atomic E-state index is 11.9. The van der Waals surface area contributed by atoms with Crippen molar-refractivity contribution in [2.45, 2.75) is 13.5 Å². The lowest BCUT2D eigenvalue weighted by molar-refractivity contribution is 0.0951. The van der Waals surface area contributed by atoms with E-state index in [4.69, 9.17) is 5.84 Å². The SMILES string of the molecule is Cc1ccc(CNC(=O)c2ccnc(NN)c2)cc1. The van der Waals surface area contributed by atoms with Crippen LogP contribution in [0.1, 0.15) is 21.5 Å². The minimum absolute atomic E-state index is 0.153. The van der Waals surface area contributed by atoms with Crippen molar-refractivity contribution >= 4 is 11.7 Å². The number of hydrogen-bond donors (Lipinski definition) is 3. The highest BCUT2D eigenvalue weighted by Gasteiger charge is 2.06. The van der Waals surface area contributed by atoms with Gasteiger partial charge in [-0.25, -0.2) is 10.8 Å². The van der Waals surface area contributed by atoms with Crippen molar-refractivity contribution in [1.29, 1.82) is 0 Å². The van der Waals surface area contributed by atoms with Gasteiger partial charge in [0.05, 0.1) is 0 Å². The van der Waals surface area contributed by atoms with Gasteiger partial charge in [0.2, 0.25) is 0 Å². The Morgan fingerprint density at radius 1 is 1.26 bits per heavy atom. The summed E-state index contributed by atoms with van der Waals surface area (Å²) < 4.78 is 0. The zero-order valence-electron chi connectivity index (χ0n) is 10.7. The Kier molecular flexibility index (Phi) is 4.10. The molecule has 5 heteroatoms. The van der Waals surface area contributed by atoms with Crippen LogP contribution in [0.4, 0.5) is 5.82 Å². The zero-order valence-corrected chi connectivity index (χ0v) is 10.7. The van der Waals surface area contributed by atoms with Crippen LogP contribution >= 0.6 is 0 Å². The van der Waals surface area contributed by atoms with Gasteiger partial charge in [0, 0.05) is 18.3 Å². The number of hydrogen-bond acceptors (Lipinski definition) is 4. The first kappa shape index (κ1) is 13.0. The smallest absolute Gasteiger partial charge is 0.251 e. The molecule has 0 aliphatic heterocycles. The van der Waals surface area contributed by atoms with E-state index in [2.05, 4.69) is 15.7 Å². The number of aromatic nitrogens is 1. The number of pyridine rings is 1. The number of nitrogens with one attached hydrogen (secondary N) is 2. The number of carbonyl (C=O) groups is 1. The lowest BCUT2D eigenvalue weighted by atomic mass is 10.1. The molecule has 0 fully saturated rings. The van der Waals surface area contributed by atoms with Crippen LogP contribution in [0.25, 0.3) is 0 Å². The second-order valence-electron chi connectivity index (χ2n) is 4.24. The Hall–Kier alpha value is -2.40. The fourth-order valence-electron chi connectivity index (χ4n) is 1.64. The third-order valence-corrected chi connectivity index (χ3v) is 2.74. The summed E-state index contributed by atoms with van der Waals surface area (Å²) in [6, 6.07) is 11.3. The van der Waals surface area contributed by atoms with Crippen LogP contribution < -0.4 is 16.6 Å². The molecule has 4 N–H and O–H groups in total. The molecular formula is C14H16N4O. The molecule has 0 saturated heterocycles. The van der Waals surface area contributed by atoms with Crippen LogP contribution in [0.2, 0.25) is 0 Å². The van der Waals surface area contributed by atoms with Gasteiger partial charge in [0.1, 0.15) is 5.82 Å². The van der Waals surface area contributed by atoms with Gasteiger partial charge < -0.3 is 10.7 Å². The molecule has 0 spiro atoms. The Bertz CT molecular complexity index is 566. The molecule has 0 bridgehead atoms. The third-order valence-electron chi connectivity index (χ3n) is 2.74. The summed E-state index contributed by atoms with van der Waals surface area (Å²) in [4.78, 5) is 15.9. The van der Waals surface area contributed by atoms with Gasteiger partial charge in [-0.2, -0.15) is 0 Å². The monoisotopic (exact) mass is 256 g/mol. The highest BCUT2D eigenvalue weighted by molar-refractivity contribution is 5.94. The van der Waals surface area contributed by atoms with E-state index in [9.17, 15) is 4.79 Å². The van der Waals surface area contributed by atoms with Crippen molar-refractivity contribution in [2.75, 3.05) is 5.43 Å². The van der Waals surface area contributed by atoms with Gasteiger partial charge >= 0.3 is 0 Å². The van der Waals surface area contributed by atoms with Crippen LogP contribution in [0.15, 0.2) is 42.6 Å². The first-order valence-corrected chi connectivity index (χ1v) is 5.95. The molecule has 0 saturated carbocycles. The van der Waals surface area contributed by atoms with Gasteiger partial charge in [-0.1, -0.05) is 29.8 Å². The molecule has 1 aromatic carbocycles. The van der Waals surface area contributed by atoms with E-state index in [1.807, 2.05) is 31.2 Å². The van der Waals surface area contributed by atoms with E-state index in [-0.39, 0.29) is 5.91 Å². The molecule has 2 rings (SSSR count). The van der Waals surface area contributed by atoms with Gasteiger partial charge in [0.15, 0.2) is 0 Å². The van der Waals surface area contributed by atoms with E-state index < -0.39 is 0 Å². The normalized spacial score (nSPS) is 10.0. The maximum absolute atomic E-state index is 11.9. The fraction of sp³-hybridized carbons (Fsp3) is 0.143. The summed E-state index contributed by atoms with van der Waals surface area (Å²) in [5, 5.41) is 2.85. The number of aryl methyl sites for hydroxylation is 1. The quantitative estimate of drug-likeness (QED) is 0.573. The summed E-state index contributed by atoms with van der Waals surface area (Å²) in [6.45, 7) is 2.52. The molecule has 0 aliphatic rings. The molecule has 1 amide bonds. The summed E-state index contributed by atoms with van der Waals surface area (Å²) in [5.74, 6) is 5.56. The highest BCUT2D eigenvalue weighted by Crippen LogP contribution is 2.06. The molecule has 0 atom stereocenters. The number of carbonyl (C=O) groups excluding carboxylic acids is 1. The Labute approximate surface area is 111 Å². The minimum atomic E-state index is -0.153. The molecule has 1 aromatic heterocycles. The number of rotatable bonds is 4. The van der Waals surface area contributed by atoms with Crippen molar-refractivity contribution in [3.05, 3.63) is 59.3 Å². The van der Waals surface area contributed by atoms with Crippen molar-refractivity contribution < 1.29 is 4.79 Å². The van der Waals surface area contributed by atoms with Gasteiger partial charge in [-0.15, -0.1) is 0 Å². The number of nitrogens with zero attached hydrogens (tertiary/aromatic N) is 1. The van der Waals surface area contributed by atoms with E-state index in [1.54, 1.807) is 12.1 Å². The van der Waals surface area contributed by atoms with Crippen molar-refractivity contribution in [2.24, 2.45) is 5.84 Å². The summed E-state index contributed by atoms with van der Waals surface area (Å²) in [5.41, 5.74) is 5.19. The fourth-order valence-corrected chi connectivity index (χ4v) is 1.64.